The Morgan fingerprint density at radius 2 is 2.00 bits per heavy atom. The van der Waals surface area contributed by atoms with E-state index in [4.69, 9.17) is 32.9 Å². The van der Waals surface area contributed by atoms with Gasteiger partial charge in [0, 0.05) is 15.5 Å². The van der Waals surface area contributed by atoms with E-state index in [1.54, 1.807) is 41.0 Å². The SMILES string of the molecule is CCOc1ccc(-n2c(SCC(=O)NN=C(C)c3ccc(Cl)cc3Cl)nc3sc4c(c3c2=O)CCC4)cc1. The number of hydrogen-bond acceptors (Lipinski definition) is 7. The van der Waals surface area contributed by atoms with Crippen molar-refractivity contribution in [2.45, 2.75) is 38.3 Å². The summed E-state index contributed by atoms with van der Waals surface area (Å²) in [4.78, 5) is 33.3. The van der Waals surface area contributed by atoms with Crippen molar-refractivity contribution < 1.29 is 9.53 Å². The van der Waals surface area contributed by atoms with Crippen molar-refractivity contribution in [2.24, 2.45) is 5.10 Å². The molecular formula is C27H24Cl2N4O3S2. The van der Waals surface area contributed by atoms with Crippen LogP contribution in [0.3, 0.4) is 0 Å². The molecule has 1 aliphatic rings. The minimum atomic E-state index is -0.333. The molecule has 7 nitrogen and oxygen atoms in total. The van der Waals surface area contributed by atoms with Gasteiger partial charge in [0.1, 0.15) is 10.6 Å². The maximum absolute atomic E-state index is 13.8. The average Bonchev–Trinajstić information content (AvgIpc) is 3.48. The molecular weight excluding hydrogens is 563 g/mol. The minimum Gasteiger partial charge on any atom is -0.494 e. The van der Waals surface area contributed by atoms with Gasteiger partial charge in [0.2, 0.25) is 0 Å². The number of aromatic nitrogens is 2. The normalized spacial score (nSPS) is 13.1. The van der Waals surface area contributed by atoms with Crippen LogP contribution in [0.5, 0.6) is 5.75 Å². The molecule has 0 spiro atoms. The molecule has 2 aromatic carbocycles. The van der Waals surface area contributed by atoms with Crippen LogP contribution in [-0.2, 0) is 17.6 Å². The Hall–Kier alpha value is -2.85. The number of carbonyl (C=O) groups is 1. The standard InChI is InChI=1S/C27H24Cl2N4O3S2/c1-3-36-18-10-8-17(9-11-18)33-26(35)24-20-5-4-6-22(20)38-25(24)30-27(33)37-14-23(34)32-31-15(2)19-12-7-16(28)13-21(19)29/h7-13H,3-6,14H2,1-2H3,(H,32,34). The van der Waals surface area contributed by atoms with Gasteiger partial charge in [0.05, 0.1) is 34.2 Å². The Morgan fingerprint density at radius 3 is 2.74 bits per heavy atom. The monoisotopic (exact) mass is 586 g/mol. The number of nitrogens with one attached hydrogen (secondary N) is 1. The molecule has 1 amide bonds. The van der Waals surface area contributed by atoms with Crippen molar-refractivity contribution in [1.29, 1.82) is 0 Å². The predicted molar refractivity (Wildman–Crippen MR) is 156 cm³/mol. The number of fused-ring (bicyclic) bond motifs is 3. The smallest absolute Gasteiger partial charge is 0.267 e. The van der Waals surface area contributed by atoms with Gasteiger partial charge in [-0.15, -0.1) is 11.3 Å². The molecule has 2 aromatic heterocycles. The molecule has 4 aromatic rings. The van der Waals surface area contributed by atoms with Gasteiger partial charge in [-0.1, -0.05) is 41.0 Å². The van der Waals surface area contributed by atoms with Crippen molar-refractivity contribution in [2.75, 3.05) is 12.4 Å². The van der Waals surface area contributed by atoms with E-state index in [1.165, 1.54) is 16.6 Å². The molecule has 2 heterocycles. The first-order valence-corrected chi connectivity index (χ1v) is 14.6. The summed E-state index contributed by atoms with van der Waals surface area (Å²) < 4.78 is 7.15. The molecule has 0 aliphatic heterocycles. The second-order valence-corrected chi connectivity index (χ2v) is 11.5. The second-order valence-electron chi connectivity index (χ2n) is 8.64. The van der Waals surface area contributed by atoms with Gasteiger partial charge in [0.15, 0.2) is 5.16 Å². The van der Waals surface area contributed by atoms with E-state index < -0.39 is 0 Å². The third kappa shape index (κ3) is 5.47. The fourth-order valence-corrected chi connectivity index (χ4v) is 7.01. The summed E-state index contributed by atoms with van der Waals surface area (Å²) in [5.74, 6) is 0.406. The number of hydrazone groups is 1. The number of thioether (sulfide) groups is 1. The number of carbonyl (C=O) groups excluding carboxylic acids is 1. The zero-order valence-electron chi connectivity index (χ0n) is 20.7. The average molecular weight is 588 g/mol. The molecule has 0 saturated carbocycles. The van der Waals surface area contributed by atoms with Crippen molar-refractivity contribution in [3.63, 3.8) is 0 Å². The maximum atomic E-state index is 13.8. The zero-order chi connectivity index (χ0) is 26.8. The highest BCUT2D eigenvalue weighted by Gasteiger charge is 2.24. The van der Waals surface area contributed by atoms with E-state index in [-0.39, 0.29) is 17.2 Å². The Morgan fingerprint density at radius 1 is 1.21 bits per heavy atom. The van der Waals surface area contributed by atoms with Crippen LogP contribution < -0.4 is 15.7 Å². The lowest BCUT2D eigenvalue weighted by molar-refractivity contribution is -0.118. The molecule has 5 rings (SSSR count). The van der Waals surface area contributed by atoms with Crippen LogP contribution in [0.1, 0.15) is 36.3 Å². The van der Waals surface area contributed by atoms with E-state index in [0.717, 1.165) is 35.4 Å². The van der Waals surface area contributed by atoms with Crippen LogP contribution >= 0.6 is 46.3 Å². The third-order valence-corrected chi connectivity index (χ3v) is 8.79. The van der Waals surface area contributed by atoms with Crippen LogP contribution in [0.4, 0.5) is 0 Å². The predicted octanol–water partition coefficient (Wildman–Crippen LogP) is 6.27. The summed E-state index contributed by atoms with van der Waals surface area (Å²) in [6.07, 6.45) is 2.91. The second kappa shape index (κ2) is 11.5. The van der Waals surface area contributed by atoms with Gasteiger partial charge in [-0.3, -0.25) is 14.2 Å². The fourth-order valence-electron chi connectivity index (χ4n) is 4.36. The molecule has 0 radical (unpaired) electrons. The number of halogens is 2. The summed E-state index contributed by atoms with van der Waals surface area (Å²) in [7, 11) is 0. The van der Waals surface area contributed by atoms with E-state index in [9.17, 15) is 9.59 Å². The molecule has 0 saturated heterocycles. The highest BCUT2D eigenvalue weighted by Crippen LogP contribution is 2.36. The van der Waals surface area contributed by atoms with E-state index in [1.807, 2.05) is 31.2 Å². The Balaban J connectivity index is 1.42. The molecule has 11 heteroatoms. The van der Waals surface area contributed by atoms with Crippen LogP contribution in [-0.4, -0.2) is 33.5 Å². The fraction of sp³-hybridized carbons (Fsp3) is 0.259. The van der Waals surface area contributed by atoms with Crippen molar-refractivity contribution in [3.8, 4) is 11.4 Å². The van der Waals surface area contributed by atoms with Gasteiger partial charge in [-0.2, -0.15) is 5.10 Å². The molecule has 0 unspecified atom stereocenters. The molecule has 196 valence electrons. The summed E-state index contributed by atoms with van der Waals surface area (Å²) >= 11 is 15.0. The number of thiophene rings is 1. The maximum Gasteiger partial charge on any atom is 0.267 e. The van der Waals surface area contributed by atoms with Crippen LogP contribution in [0.2, 0.25) is 10.0 Å². The molecule has 1 aliphatic carbocycles. The number of amides is 1. The topological polar surface area (TPSA) is 85.6 Å². The molecule has 38 heavy (non-hydrogen) atoms. The van der Waals surface area contributed by atoms with Crippen molar-refractivity contribution in [3.05, 3.63) is 78.9 Å². The van der Waals surface area contributed by atoms with E-state index in [0.29, 0.717) is 44.2 Å². The highest BCUT2D eigenvalue weighted by molar-refractivity contribution is 7.99. The van der Waals surface area contributed by atoms with Gasteiger partial charge >= 0.3 is 0 Å². The summed E-state index contributed by atoms with van der Waals surface area (Å²) in [5, 5.41) is 6.28. The van der Waals surface area contributed by atoms with E-state index in [2.05, 4.69) is 10.5 Å². The quantitative estimate of drug-likeness (QED) is 0.114. The summed E-state index contributed by atoms with van der Waals surface area (Å²) in [6, 6.07) is 12.4. The third-order valence-electron chi connectivity index (χ3n) is 6.12. The molecule has 0 atom stereocenters. The lowest BCUT2D eigenvalue weighted by Gasteiger charge is -2.13. The Labute approximate surface area is 237 Å². The summed E-state index contributed by atoms with van der Waals surface area (Å²) in [5.41, 5.74) is 5.44. The molecule has 0 bridgehead atoms. The Kier molecular flexibility index (Phi) is 8.09. The first-order valence-electron chi connectivity index (χ1n) is 12.1. The van der Waals surface area contributed by atoms with Gasteiger partial charge in [-0.25, -0.2) is 10.4 Å². The van der Waals surface area contributed by atoms with Gasteiger partial charge in [-0.05, 0) is 75.1 Å². The zero-order valence-corrected chi connectivity index (χ0v) is 23.9. The van der Waals surface area contributed by atoms with Crippen molar-refractivity contribution >= 4 is 68.1 Å². The summed E-state index contributed by atoms with van der Waals surface area (Å²) in [6.45, 7) is 4.22. The Bertz CT molecular complexity index is 1610. The van der Waals surface area contributed by atoms with Gasteiger partial charge in [0.25, 0.3) is 11.5 Å². The lowest BCUT2D eigenvalue weighted by Crippen LogP contribution is -2.24. The van der Waals surface area contributed by atoms with Crippen LogP contribution in [0, 0.1) is 0 Å². The number of nitrogens with zero attached hydrogens (tertiary/aromatic N) is 3. The number of aryl methyl sites for hydroxylation is 2. The van der Waals surface area contributed by atoms with E-state index >= 15 is 0 Å². The number of ether oxygens (including phenoxy) is 1. The number of rotatable bonds is 8. The first-order chi connectivity index (χ1) is 18.4. The van der Waals surface area contributed by atoms with Crippen LogP contribution in [0.15, 0.2) is 57.5 Å². The molecule has 1 N–H and O–H groups in total. The largest absolute Gasteiger partial charge is 0.494 e. The highest BCUT2D eigenvalue weighted by atomic mass is 35.5. The van der Waals surface area contributed by atoms with Gasteiger partial charge < -0.3 is 4.74 Å². The lowest BCUT2D eigenvalue weighted by atomic mass is 10.1. The number of hydrogen-bond donors (Lipinski definition) is 1. The minimum absolute atomic E-state index is 0.0190. The van der Waals surface area contributed by atoms with Crippen molar-refractivity contribution in [1.82, 2.24) is 15.0 Å². The molecule has 0 fully saturated rings. The number of benzene rings is 2. The first kappa shape index (κ1) is 26.7. The van der Waals surface area contributed by atoms with Crippen LogP contribution in [0.25, 0.3) is 15.9 Å².